The van der Waals surface area contributed by atoms with Crippen molar-refractivity contribution < 1.29 is 28.3 Å². The number of rotatable bonds is 9. The van der Waals surface area contributed by atoms with Gasteiger partial charge in [-0.2, -0.15) is 4.98 Å². The molecule has 1 aromatic heterocycles. The number of morpholine rings is 1. The molecule has 2 aliphatic rings. The number of ether oxygens (including phenoxy) is 4. The maximum absolute atomic E-state index is 13.0. The number of carbonyl (C=O) groups is 1. The number of carbonyl (C=O) groups excluding carboxylic acids is 1. The Morgan fingerprint density at radius 2 is 1.92 bits per heavy atom. The van der Waals surface area contributed by atoms with Crippen LogP contribution >= 0.6 is 28.5 Å². The zero-order valence-corrected chi connectivity index (χ0v) is 23.4. The van der Waals surface area contributed by atoms with Crippen molar-refractivity contribution >= 4 is 45.9 Å². The summed E-state index contributed by atoms with van der Waals surface area (Å²) in [6.07, 6.45) is 0. The van der Waals surface area contributed by atoms with Gasteiger partial charge in [0.2, 0.25) is 12.7 Å². The first-order valence-electron chi connectivity index (χ1n) is 11.9. The number of amides is 1. The van der Waals surface area contributed by atoms with Gasteiger partial charge in [-0.15, -0.1) is 0 Å². The standard InChI is InChI=1S/C26H27IN3O6P/c1-17-2-4-20(28-26(31)18-3-5-22-23(12-18)35-16-34-22)15-21(17)19-13-24(30-6-8-32-9-7-30)29-25(14-19)33-10-11-36-37-27/h2-5,12-15,37H,6-11,16H2,1H3,(H,28,31). The summed E-state index contributed by atoms with van der Waals surface area (Å²) in [5.74, 6) is 2.36. The van der Waals surface area contributed by atoms with E-state index in [2.05, 4.69) is 38.3 Å². The number of hydrogen-bond donors (Lipinski definition) is 1. The van der Waals surface area contributed by atoms with Crippen molar-refractivity contribution in [1.82, 2.24) is 4.98 Å². The minimum Gasteiger partial charge on any atom is -0.475 e. The minimum absolute atomic E-state index is 0.164. The van der Waals surface area contributed by atoms with Crippen LogP contribution in [0.25, 0.3) is 11.1 Å². The fourth-order valence-corrected chi connectivity index (χ4v) is 4.97. The first kappa shape index (κ1) is 26.0. The number of nitrogens with one attached hydrogen (secondary N) is 1. The van der Waals surface area contributed by atoms with Crippen LogP contribution in [0.4, 0.5) is 11.5 Å². The first-order chi connectivity index (χ1) is 18.1. The highest BCUT2D eigenvalue weighted by molar-refractivity contribution is 14.2. The molecule has 0 aliphatic carbocycles. The lowest BCUT2D eigenvalue weighted by molar-refractivity contribution is 0.102. The van der Waals surface area contributed by atoms with Gasteiger partial charge in [-0.3, -0.25) is 4.79 Å². The van der Waals surface area contributed by atoms with E-state index >= 15 is 0 Å². The van der Waals surface area contributed by atoms with Crippen LogP contribution in [0.1, 0.15) is 15.9 Å². The number of anilines is 2. The summed E-state index contributed by atoms with van der Waals surface area (Å²) in [4.78, 5) is 19.9. The quantitative estimate of drug-likeness (QED) is 0.195. The molecule has 1 atom stereocenters. The molecular weight excluding hydrogens is 608 g/mol. The Morgan fingerprint density at radius 1 is 1.08 bits per heavy atom. The number of pyridine rings is 1. The van der Waals surface area contributed by atoms with E-state index in [0.29, 0.717) is 61.5 Å². The third kappa shape index (κ3) is 6.43. The van der Waals surface area contributed by atoms with Crippen molar-refractivity contribution in [1.29, 1.82) is 0 Å². The molecule has 0 saturated carbocycles. The maximum Gasteiger partial charge on any atom is 0.255 e. The van der Waals surface area contributed by atoms with Crippen LogP contribution in [0.3, 0.4) is 0 Å². The zero-order chi connectivity index (χ0) is 25.6. The van der Waals surface area contributed by atoms with E-state index in [1.165, 1.54) is 0 Å². The van der Waals surface area contributed by atoms with Crippen LogP contribution in [-0.4, -0.2) is 57.2 Å². The summed E-state index contributed by atoms with van der Waals surface area (Å²) < 4.78 is 27.6. The topological polar surface area (TPSA) is 91.4 Å². The molecule has 1 saturated heterocycles. The van der Waals surface area contributed by atoms with Crippen molar-refractivity contribution in [2.45, 2.75) is 6.92 Å². The fourth-order valence-electron chi connectivity index (χ4n) is 4.15. The van der Waals surface area contributed by atoms with E-state index < -0.39 is 0 Å². The lowest BCUT2D eigenvalue weighted by Gasteiger charge is -2.28. The average Bonchev–Trinajstić information content (AvgIpc) is 3.41. The van der Waals surface area contributed by atoms with Gasteiger partial charge < -0.3 is 33.7 Å². The highest BCUT2D eigenvalue weighted by Crippen LogP contribution is 2.34. The minimum atomic E-state index is -0.225. The largest absolute Gasteiger partial charge is 0.475 e. The average molecular weight is 635 g/mol. The van der Waals surface area contributed by atoms with Crippen LogP contribution in [0, 0.1) is 6.92 Å². The molecule has 0 spiro atoms. The van der Waals surface area contributed by atoms with E-state index in [4.69, 9.17) is 28.5 Å². The number of benzene rings is 2. The summed E-state index contributed by atoms with van der Waals surface area (Å²) in [5.41, 5.74) is 4.19. The van der Waals surface area contributed by atoms with Crippen LogP contribution < -0.4 is 24.4 Å². The Labute approximate surface area is 230 Å². The second kappa shape index (κ2) is 12.3. The van der Waals surface area contributed by atoms with E-state index in [1.807, 2.05) is 31.2 Å². The molecule has 0 bridgehead atoms. The van der Waals surface area contributed by atoms with Crippen LogP contribution in [0.5, 0.6) is 17.4 Å². The van der Waals surface area contributed by atoms with Gasteiger partial charge in [0.25, 0.3) is 5.91 Å². The van der Waals surface area contributed by atoms with Gasteiger partial charge in [0.05, 0.1) is 26.3 Å². The summed E-state index contributed by atoms with van der Waals surface area (Å²) in [6, 6.07) is 15.0. The van der Waals surface area contributed by atoms with Gasteiger partial charge in [0.1, 0.15) is 12.4 Å². The summed E-state index contributed by atoms with van der Waals surface area (Å²) in [7, 11) is 0. The van der Waals surface area contributed by atoms with Gasteiger partial charge >= 0.3 is 0 Å². The summed E-state index contributed by atoms with van der Waals surface area (Å²) in [5, 5.41) is 3.00. The Bertz CT molecular complexity index is 1270. The number of aryl methyl sites for hydroxylation is 1. The molecule has 0 radical (unpaired) electrons. The SMILES string of the molecule is Cc1ccc(NC(=O)c2ccc3c(c2)OCO3)cc1-c1cc(OCCOPI)nc(N2CCOCC2)c1. The first-order valence-corrected chi connectivity index (χ1v) is 15.9. The molecule has 9 nitrogen and oxygen atoms in total. The van der Waals surface area contributed by atoms with Gasteiger partial charge in [-0.25, -0.2) is 0 Å². The lowest BCUT2D eigenvalue weighted by Crippen LogP contribution is -2.36. The molecule has 2 aromatic carbocycles. The van der Waals surface area contributed by atoms with Crippen molar-refractivity contribution in [2.75, 3.05) is 56.5 Å². The Morgan fingerprint density at radius 3 is 2.76 bits per heavy atom. The predicted octanol–water partition coefficient (Wildman–Crippen LogP) is 5.21. The normalized spacial score (nSPS) is 14.8. The monoisotopic (exact) mass is 635 g/mol. The third-order valence-corrected chi connectivity index (χ3v) is 7.30. The second-order valence-corrected chi connectivity index (χ2v) is 10.2. The Kier molecular flexibility index (Phi) is 8.60. The Balaban J connectivity index is 1.41. The highest BCUT2D eigenvalue weighted by Gasteiger charge is 2.18. The summed E-state index contributed by atoms with van der Waals surface area (Å²) >= 11 is 2.19. The van der Waals surface area contributed by atoms with Crippen LogP contribution in [0.2, 0.25) is 0 Å². The molecular formula is C26H27IN3O6P. The number of nitrogens with zero attached hydrogens (tertiary/aromatic N) is 2. The molecule has 37 heavy (non-hydrogen) atoms. The number of hydrogen-bond acceptors (Lipinski definition) is 8. The number of fused-ring (bicyclic) bond motifs is 1. The zero-order valence-electron chi connectivity index (χ0n) is 20.3. The van der Waals surface area contributed by atoms with Crippen molar-refractivity contribution in [3.8, 4) is 28.5 Å². The van der Waals surface area contributed by atoms with Crippen molar-refractivity contribution in [3.05, 3.63) is 59.7 Å². The molecule has 3 aromatic rings. The van der Waals surface area contributed by atoms with E-state index in [9.17, 15) is 4.79 Å². The lowest BCUT2D eigenvalue weighted by atomic mass is 10.00. The van der Waals surface area contributed by atoms with Crippen molar-refractivity contribution in [2.24, 2.45) is 0 Å². The van der Waals surface area contributed by atoms with Crippen LogP contribution in [-0.2, 0) is 9.26 Å². The summed E-state index contributed by atoms with van der Waals surface area (Å²) in [6.45, 7) is 6.36. The number of halogens is 1. The second-order valence-electron chi connectivity index (χ2n) is 8.48. The van der Waals surface area contributed by atoms with Crippen molar-refractivity contribution in [3.63, 3.8) is 0 Å². The molecule has 2 aliphatic heterocycles. The molecule has 1 N–H and O–H groups in total. The number of aromatic nitrogens is 1. The van der Waals surface area contributed by atoms with Gasteiger partial charge in [-0.1, -0.05) is 6.07 Å². The molecule has 194 valence electrons. The highest BCUT2D eigenvalue weighted by atomic mass is 127. The smallest absolute Gasteiger partial charge is 0.255 e. The maximum atomic E-state index is 13.0. The third-order valence-electron chi connectivity index (χ3n) is 6.05. The van der Waals surface area contributed by atoms with Crippen LogP contribution in [0.15, 0.2) is 48.5 Å². The van der Waals surface area contributed by atoms with Gasteiger partial charge in [0.15, 0.2) is 11.5 Å². The fraction of sp³-hybridized carbons (Fsp3) is 0.308. The van der Waals surface area contributed by atoms with E-state index in [1.54, 1.807) is 18.2 Å². The molecule has 1 amide bonds. The Hall–Kier alpha value is -2.66. The molecule has 1 fully saturated rings. The molecule has 1 unspecified atom stereocenters. The predicted molar refractivity (Wildman–Crippen MR) is 152 cm³/mol. The molecule has 11 heteroatoms. The van der Waals surface area contributed by atoms with Gasteiger partial charge in [0, 0.05) is 30.4 Å². The van der Waals surface area contributed by atoms with Gasteiger partial charge in [-0.05, 0) is 82.1 Å². The van der Waals surface area contributed by atoms with E-state index in [0.717, 1.165) is 35.6 Å². The van der Waals surface area contributed by atoms with E-state index in [-0.39, 0.29) is 12.7 Å². The molecule has 3 heterocycles. The molecule has 5 rings (SSSR count).